The number of hydrogen-bond acceptors (Lipinski definition) is 4. The second kappa shape index (κ2) is 5.40. The van der Waals surface area contributed by atoms with Crippen molar-refractivity contribution in [1.29, 1.82) is 0 Å². The normalized spacial score (nSPS) is 11.0. The van der Waals surface area contributed by atoms with Crippen LogP contribution in [-0.4, -0.2) is 13.9 Å². The maximum absolute atomic E-state index is 13.0. The van der Waals surface area contributed by atoms with E-state index in [1.165, 1.54) is 23.8 Å². The second-order valence-electron chi connectivity index (χ2n) is 4.93. The van der Waals surface area contributed by atoms with Crippen LogP contribution in [0.5, 0.6) is 0 Å². The molecule has 112 valence electrons. The molecule has 4 nitrogen and oxygen atoms in total. The number of pyridine rings is 2. The lowest BCUT2D eigenvalue weighted by Crippen LogP contribution is -2.13. The van der Waals surface area contributed by atoms with Gasteiger partial charge in [-0.3, -0.25) is 4.79 Å². The maximum Gasteiger partial charge on any atom is 0.274 e. The number of aromatic nitrogens is 3. The predicted molar refractivity (Wildman–Crippen MR) is 88.4 cm³/mol. The molecule has 0 N–H and O–H groups in total. The van der Waals surface area contributed by atoms with Crippen LogP contribution in [0.3, 0.4) is 0 Å². The molecule has 0 aliphatic rings. The summed E-state index contributed by atoms with van der Waals surface area (Å²) >= 11 is 1.34. The van der Waals surface area contributed by atoms with Gasteiger partial charge in [-0.1, -0.05) is 12.1 Å². The highest BCUT2D eigenvalue weighted by Gasteiger charge is 2.14. The lowest BCUT2D eigenvalue weighted by molar-refractivity contribution is 0.584. The van der Waals surface area contributed by atoms with Gasteiger partial charge in [-0.25, -0.2) is 13.9 Å². The van der Waals surface area contributed by atoms with Gasteiger partial charge in [-0.15, -0.1) is 0 Å². The summed E-state index contributed by atoms with van der Waals surface area (Å²) in [6.45, 7) is 0. The Morgan fingerprint density at radius 1 is 1.00 bits per heavy atom. The van der Waals surface area contributed by atoms with E-state index in [1.807, 2.05) is 24.3 Å². The molecule has 0 aliphatic carbocycles. The minimum atomic E-state index is -0.543. The first kappa shape index (κ1) is 13.8. The number of benzene rings is 1. The van der Waals surface area contributed by atoms with Crippen LogP contribution in [0.2, 0.25) is 0 Å². The molecule has 0 unspecified atom stereocenters. The zero-order chi connectivity index (χ0) is 15.8. The van der Waals surface area contributed by atoms with Crippen LogP contribution in [0.15, 0.2) is 65.7 Å². The summed E-state index contributed by atoms with van der Waals surface area (Å²) in [5.74, 6) is -0.0228. The molecular formula is C17H10FN3OS. The summed E-state index contributed by atoms with van der Waals surface area (Å²) in [7, 11) is 0. The van der Waals surface area contributed by atoms with Gasteiger partial charge in [0.25, 0.3) is 5.56 Å². The minimum absolute atomic E-state index is 0.111. The van der Waals surface area contributed by atoms with Crippen LogP contribution in [0.25, 0.3) is 27.0 Å². The van der Waals surface area contributed by atoms with Crippen molar-refractivity contribution in [2.24, 2.45) is 0 Å². The van der Waals surface area contributed by atoms with Gasteiger partial charge in [0.2, 0.25) is 5.95 Å². The molecule has 3 heterocycles. The number of hydrogen-bond donors (Lipinski definition) is 0. The van der Waals surface area contributed by atoms with Gasteiger partial charge >= 0.3 is 0 Å². The highest BCUT2D eigenvalue weighted by molar-refractivity contribution is 7.14. The van der Waals surface area contributed by atoms with Gasteiger partial charge in [0.05, 0.1) is 10.1 Å². The predicted octanol–water partition coefficient (Wildman–Crippen LogP) is 3.65. The molecular weight excluding hydrogens is 313 g/mol. The Balaban J connectivity index is 1.97. The van der Waals surface area contributed by atoms with E-state index in [0.717, 1.165) is 10.3 Å². The Hall–Kier alpha value is -2.86. The molecule has 23 heavy (non-hydrogen) atoms. The fraction of sp³-hybridized carbons (Fsp3) is 0. The van der Waals surface area contributed by atoms with Crippen molar-refractivity contribution in [3.63, 3.8) is 0 Å². The lowest BCUT2D eigenvalue weighted by Gasteiger charge is -2.07. The monoisotopic (exact) mass is 323 g/mol. The summed E-state index contributed by atoms with van der Waals surface area (Å²) < 4.78 is 15.5. The van der Waals surface area contributed by atoms with Gasteiger partial charge in [0.15, 0.2) is 5.82 Å². The van der Waals surface area contributed by atoms with Crippen LogP contribution < -0.4 is 5.56 Å². The van der Waals surface area contributed by atoms with Crippen molar-refractivity contribution in [3.05, 3.63) is 77.2 Å². The standard InChI is InChI=1S/C17H10FN3OS/c18-15-8-7-11(10-20-15)12-5-3-9-19-16(12)21-17(22)13-4-1-2-6-14(13)23-21/h1-10H. The van der Waals surface area contributed by atoms with Crippen molar-refractivity contribution in [3.8, 4) is 16.9 Å². The molecule has 0 amide bonds. The SMILES string of the molecule is O=c1c2ccccc2sn1-c1ncccc1-c1ccc(F)nc1. The van der Waals surface area contributed by atoms with Gasteiger partial charge < -0.3 is 0 Å². The molecule has 4 aromatic rings. The van der Waals surface area contributed by atoms with E-state index in [-0.39, 0.29) is 5.56 Å². The van der Waals surface area contributed by atoms with Crippen LogP contribution in [0, 0.1) is 5.95 Å². The second-order valence-corrected chi connectivity index (χ2v) is 5.92. The number of fused-ring (bicyclic) bond motifs is 1. The minimum Gasteiger partial charge on any atom is -0.267 e. The number of rotatable bonds is 2. The molecule has 0 aliphatic heterocycles. The summed E-state index contributed by atoms with van der Waals surface area (Å²) in [5.41, 5.74) is 1.33. The quantitative estimate of drug-likeness (QED) is 0.529. The molecule has 0 radical (unpaired) electrons. The highest BCUT2D eigenvalue weighted by Crippen LogP contribution is 2.27. The Morgan fingerprint density at radius 3 is 2.65 bits per heavy atom. The largest absolute Gasteiger partial charge is 0.274 e. The molecule has 0 atom stereocenters. The smallest absolute Gasteiger partial charge is 0.267 e. The van der Waals surface area contributed by atoms with Crippen molar-refractivity contribution >= 4 is 21.6 Å². The molecule has 1 aromatic carbocycles. The van der Waals surface area contributed by atoms with Crippen molar-refractivity contribution in [2.45, 2.75) is 0 Å². The molecule has 6 heteroatoms. The molecule has 0 saturated heterocycles. The van der Waals surface area contributed by atoms with Gasteiger partial charge in [-0.2, -0.15) is 4.39 Å². The van der Waals surface area contributed by atoms with Gasteiger partial charge in [0, 0.05) is 23.5 Å². The first-order valence-corrected chi connectivity index (χ1v) is 7.70. The highest BCUT2D eigenvalue weighted by atomic mass is 32.1. The molecule has 0 spiro atoms. The van der Waals surface area contributed by atoms with Crippen molar-refractivity contribution in [2.75, 3.05) is 0 Å². The fourth-order valence-electron chi connectivity index (χ4n) is 2.43. The first-order valence-electron chi connectivity index (χ1n) is 6.92. The molecule has 3 aromatic heterocycles. The number of nitrogens with zero attached hydrogens (tertiary/aromatic N) is 3. The van der Waals surface area contributed by atoms with E-state index < -0.39 is 5.95 Å². The van der Waals surface area contributed by atoms with Crippen LogP contribution >= 0.6 is 11.5 Å². The van der Waals surface area contributed by atoms with Crippen LogP contribution in [0.1, 0.15) is 0 Å². The van der Waals surface area contributed by atoms with Gasteiger partial charge in [-0.05, 0) is 47.9 Å². The Morgan fingerprint density at radius 2 is 1.87 bits per heavy atom. The molecule has 0 saturated carbocycles. The van der Waals surface area contributed by atoms with E-state index in [0.29, 0.717) is 16.8 Å². The number of halogens is 1. The Labute approximate surface area is 134 Å². The third-order valence-corrected chi connectivity index (χ3v) is 4.58. The van der Waals surface area contributed by atoms with E-state index in [4.69, 9.17) is 0 Å². The Kier molecular flexibility index (Phi) is 3.24. The third kappa shape index (κ3) is 2.33. The summed E-state index contributed by atoms with van der Waals surface area (Å²) in [6.07, 6.45) is 3.07. The average molecular weight is 323 g/mol. The van der Waals surface area contributed by atoms with Gasteiger partial charge in [0.1, 0.15) is 0 Å². The van der Waals surface area contributed by atoms with E-state index >= 15 is 0 Å². The van der Waals surface area contributed by atoms with E-state index in [2.05, 4.69) is 9.97 Å². The molecule has 0 bridgehead atoms. The maximum atomic E-state index is 13.0. The summed E-state index contributed by atoms with van der Waals surface area (Å²) in [6, 6.07) is 14.0. The van der Waals surface area contributed by atoms with Crippen LogP contribution in [-0.2, 0) is 0 Å². The zero-order valence-electron chi connectivity index (χ0n) is 11.8. The first-order chi connectivity index (χ1) is 11.2. The van der Waals surface area contributed by atoms with E-state index in [1.54, 1.807) is 28.4 Å². The lowest BCUT2D eigenvalue weighted by atomic mass is 10.1. The average Bonchev–Trinajstić information content (AvgIpc) is 2.93. The summed E-state index contributed by atoms with van der Waals surface area (Å²) in [5, 5.41) is 0.659. The fourth-order valence-corrected chi connectivity index (χ4v) is 3.43. The topological polar surface area (TPSA) is 47.8 Å². The van der Waals surface area contributed by atoms with Crippen molar-refractivity contribution in [1.82, 2.24) is 13.9 Å². The van der Waals surface area contributed by atoms with E-state index in [9.17, 15) is 9.18 Å². The summed E-state index contributed by atoms with van der Waals surface area (Å²) in [4.78, 5) is 20.7. The molecule has 0 fully saturated rings. The zero-order valence-corrected chi connectivity index (χ0v) is 12.6. The molecule has 4 rings (SSSR count). The van der Waals surface area contributed by atoms with Crippen LogP contribution in [0.4, 0.5) is 4.39 Å². The van der Waals surface area contributed by atoms with Crippen molar-refractivity contribution < 1.29 is 4.39 Å². The third-order valence-electron chi connectivity index (χ3n) is 3.51. The Bertz CT molecular complexity index is 1050.